The summed E-state index contributed by atoms with van der Waals surface area (Å²) in [6.45, 7) is 1.45. The van der Waals surface area contributed by atoms with E-state index in [1.807, 2.05) is 0 Å². The molecule has 1 heterocycles. The van der Waals surface area contributed by atoms with E-state index in [2.05, 4.69) is 0 Å². The Morgan fingerprint density at radius 1 is 1.27 bits per heavy atom. The van der Waals surface area contributed by atoms with Crippen LogP contribution in [0.1, 0.15) is 0 Å². The van der Waals surface area contributed by atoms with Gasteiger partial charge in [0.25, 0.3) is 0 Å². The minimum atomic E-state index is -2.67. The molecule has 0 aromatic rings. The van der Waals surface area contributed by atoms with E-state index < -0.39 is 15.4 Å². The Hall–Kier alpha value is 0.660. The molecule has 0 aromatic carbocycles. The summed E-state index contributed by atoms with van der Waals surface area (Å²) in [5.74, 6) is 0. The molecule has 66 valence electrons. The van der Waals surface area contributed by atoms with Crippen LogP contribution in [0.2, 0.25) is 0 Å². The van der Waals surface area contributed by atoms with Crippen LogP contribution in [0.15, 0.2) is 0 Å². The first-order chi connectivity index (χ1) is 4.97. The molecule has 0 atom stereocenters. The number of hydrogen-bond donors (Lipinski definition) is 3. The first kappa shape index (κ1) is 9.75. The van der Waals surface area contributed by atoms with Crippen LogP contribution in [0.4, 0.5) is 0 Å². The number of aliphatic hydroxyl groups is 1. The molecule has 1 aliphatic rings. The Morgan fingerprint density at radius 3 is 2.09 bits per heavy atom. The van der Waals surface area contributed by atoms with E-state index in [0.717, 1.165) is 0 Å². The molecule has 11 heavy (non-hydrogen) atoms. The average molecular weight is 202 g/mol. The maximum Gasteiger partial charge on any atom is 0.413 e. The highest BCUT2D eigenvalue weighted by atomic mass is 31.2. The molecule has 0 saturated carbocycles. The summed E-state index contributed by atoms with van der Waals surface area (Å²) in [6, 6.07) is 0. The normalized spacial score (nSPS) is 45.8. The Bertz CT molecular complexity index is 139. The molecule has 5 nitrogen and oxygen atoms in total. The summed E-state index contributed by atoms with van der Waals surface area (Å²) in [5.41, 5.74) is 0. The second-order valence-electron chi connectivity index (χ2n) is 2.56. The van der Waals surface area contributed by atoms with E-state index >= 15 is 0 Å². The fraction of sp³-hybridized carbons (Fsp3) is 1.00. The Labute approximate surface area is 66.0 Å². The minimum Gasteiger partial charge on any atom is -0.359 e. The SMILES string of the molecule is C[P+]1(O)OC[P+](O)(CO)CO1. The van der Waals surface area contributed by atoms with Gasteiger partial charge < -0.3 is 5.11 Å². The summed E-state index contributed by atoms with van der Waals surface area (Å²) in [5, 5.41) is 8.69. The van der Waals surface area contributed by atoms with Gasteiger partial charge in [-0.3, -0.25) is 0 Å². The lowest BCUT2D eigenvalue weighted by atomic mass is 11.6. The van der Waals surface area contributed by atoms with Crippen molar-refractivity contribution in [2.45, 2.75) is 0 Å². The van der Waals surface area contributed by atoms with Gasteiger partial charge in [0.2, 0.25) is 20.2 Å². The number of hydrogen-bond acceptors (Lipinski definition) is 5. The molecule has 0 bridgehead atoms. The van der Waals surface area contributed by atoms with Gasteiger partial charge in [-0.1, -0.05) is 0 Å². The lowest BCUT2D eigenvalue weighted by Crippen LogP contribution is -2.18. The van der Waals surface area contributed by atoms with Crippen LogP contribution >= 0.6 is 15.4 Å². The van der Waals surface area contributed by atoms with E-state index in [1.165, 1.54) is 6.66 Å². The van der Waals surface area contributed by atoms with E-state index in [-0.39, 0.29) is 19.0 Å². The molecule has 1 saturated heterocycles. The van der Waals surface area contributed by atoms with Crippen LogP contribution < -0.4 is 0 Å². The largest absolute Gasteiger partial charge is 0.413 e. The van der Waals surface area contributed by atoms with E-state index in [1.54, 1.807) is 0 Å². The lowest BCUT2D eigenvalue weighted by molar-refractivity contribution is 0.188. The smallest absolute Gasteiger partial charge is 0.359 e. The third-order valence-corrected chi connectivity index (χ3v) is 4.71. The van der Waals surface area contributed by atoms with Crippen LogP contribution in [0, 0.1) is 0 Å². The van der Waals surface area contributed by atoms with Crippen molar-refractivity contribution in [3.63, 3.8) is 0 Å². The van der Waals surface area contributed by atoms with Gasteiger partial charge in [-0.25, -0.2) is 4.89 Å². The summed E-state index contributed by atoms with van der Waals surface area (Å²) in [6.07, 6.45) is -0.248. The molecular weight excluding hydrogens is 190 g/mol. The highest BCUT2D eigenvalue weighted by Crippen LogP contribution is 2.68. The molecule has 0 spiro atoms. The van der Waals surface area contributed by atoms with Gasteiger partial charge in [-0.15, -0.1) is 9.05 Å². The van der Waals surface area contributed by atoms with Crippen molar-refractivity contribution in [1.82, 2.24) is 0 Å². The van der Waals surface area contributed by atoms with E-state index in [4.69, 9.17) is 14.2 Å². The Balaban J connectivity index is 2.48. The molecule has 0 aliphatic carbocycles. The molecule has 0 unspecified atom stereocenters. The van der Waals surface area contributed by atoms with Crippen molar-refractivity contribution in [2.75, 3.05) is 25.7 Å². The molecular formula is C4H12O5P2+2. The van der Waals surface area contributed by atoms with Crippen LogP contribution in [0.3, 0.4) is 0 Å². The summed E-state index contributed by atoms with van der Waals surface area (Å²) < 4.78 is 9.71. The van der Waals surface area contributed by atoms with Crippen LogP contribution in [0.5, 0.6) is 0 Å². The van der Waals surface area contributed by atoms with Crippen molar-refractivity contribution < 1.29 is 23.9 Å². The van der Waals surface area contributed by atoms with Gasteiger partial charge in [0.1, 0.15) is 6.66 Å². The monoisotopic (exact) mass is 202 g/mol. The lowest BCUT2D eigenvalue weighted by Gasteiger charge is -2.23. The average Bonchev–Trinajstić information content (AvgIpc) is 1.97. The quantitative estimate of drug-likeness (QED) is 0.529. The Morgan fingerprint density at radius 2 is 1.73 bits per heavy atom. The maximum absolute atomic E-state index is 9.43. The third-order valence-electron chi connectivity index (χ3n) is 1.34. The van der Waals surface area contributed by atoms with E-state index in [0.29, 0.717) is 0 Å². The summed E-state index contributed by atoms with van der Waals surface area (Å²) in [7, 11) is -5.12. The second kappa shape index (κ2) is 3.19. The third kappa shape index (κ3) is 2.56. The molecule has 0 amide bonds. The van der Waals surface area contributed by atoms with Crippen molar-refractivity contribution >= 4 is 15.4 Å². The van der Waals surface area contributed by atoms with Gasteiger partial charge in [-0.05, 0) is 0 Å². The van der Waals surface area contributed by atoms with Gasteiger partial charge >= 0.3 is 7.94 Å². The van der Waals surface area contributed by atoms with Gasteiger partial charge in [0.05, 0.1) is 0 Å². The van der Waals surface area contributed by atoms with Crippen molar-refractivity contribution in [3.8, 4) is 0 Å². The first-order valence-electron chi connectivity index (χ1n) is 3.05. The fourth-order valence-electron chi connectivity index (χ4n) is 0.585. The summed E-state index contributed by atoms with van der Waals surface area (Å²) in [4.78, 5) is 18.6. The predicted molar refractivity (Wildman–Crippen MR) is 43.2 cm³/mol. The molecule has 7 heteroatoms. The van der Waals surface area contributed by atoms with Crippen LogP contribution in [-0.2, 0) is 9.05 Å². The predicted octanol–water partition coefficient (Wildman–Crippen LogP) is 0.208. The topological polar surface area (TPSA) is 79.2 Å². The summed E-state index contributed by atoms with van der Waals surface area (Å²) >= 11 is 0. The highest BCUT2D eigenvalue weighted by Gasteiger charge is 2.52. The molecule has 1 aliphatic heterocycles. The van der Waals surface area contributed by atoms with Gasteiger partial charge in [0.15, 0.2) is 6.35 Å². The molecule has 3 N–H and O–H groups in total. The first-order valence-corrected chi connectivity index (χ1v) is 7.38. The number of aliphatic hydroxyl groups excluding tert-OH is 1. The van der Waals surface area contributed by atoms with Crippen molar-refractivity contribution in [3.05, 3.63) is 0 Å². The van der Waals surface area contributed by atoms with Gasteiger partial charge in [-0.2, -0.15) is 4.89 Å². The van der Waals surface area contributed by atoms with Crippen molar-refractivity contribution in [1.29, 1.82) is 0 Å². The van der Waals surface area contributed by atoms with E-state index in [9.17, 15) is 9.79 Å². The molecule has 1 fully saturated rings. The van der Waals surface area contributed by atoms with Crippen LogP contribution in [-0.4, -0.2) is 40.6 Å². The highest BCUT2D eigenvalue weighted by molar-refractivity contribution is 7.72. The standard InChI is InChI=1S/C4H12O5P2/c1-10(6)8-3-11(7,2-5)4-9-10/h5-7H,2-4H2,1H3/q+2. The minimum absolute atomic E-state index is 0.0320. The van der Waals surface area contributed by atoms with Crippen LogP contribution in [0.25, 0.3) is 0 Å². The zero-order valence-electron chi connectivity index (χ0n) is 6.17. The number of rotatable bonds is 1. The molecule has 1 rings (SSSR count). The van der Waals surface area contributed by atoms with Gasteiger partial charge in [0, 0.05) is 0 Å². The van der Waals surface area contributed by atoms with Crippen molar-refractivity contribution in [2.24, 2.45) is 0 Å². The Kier molecular flexibility index (Phi) is 2.83. The zero-order chi connectivity index (χ0) is 8.54. The second-order valence-corrected chi connectivity index (χ2v) is 7.67. The molecule has 0 aromatic heterocycles. The molecule has 0 radical (unpaired) electrons. The zero-order valence-corrected chi connectivity index (χ0v) is 7.96. The maximum atomic E-state index is 9.43. The fourth-order valence-corrected chi connectivity index (χ4v) is 4.33.